The van der Waals surface area contributed by atoms with Gasteiger partial charge in [0.25, 0.3) is 5.56 Å². The van der Waals surface area contributed by atoms with E-state index in [1.807, 2.05) is 12.1 Å². The van der Waals surface area contributed by atoms with Crippen LogP contribution in [0.15, 0.2) is 47.3 Å². The van der Waals surface area contributed by atoms with Gasteiger partial charge in [0.05, 0.1) is 10.6 Å². The third-order valence-electron chi connectivity index (χ3n) is 3.08. The van der Waals surface area contributed by atoms with Crippen molar-refractivity contribution in [2.75, 3.05) is 0 Å². The predicted molar refractivity (Wildman–Crippen MR) is 76.6 cm³/mol. The van der Waals surface area contributed by atoms with Gasteiger partial charge < -0.3 is 10.1 Å². The minimum atomic E-state index is -0.701. The second kappa shape index (κ2) is 4.65. The van der Waals surface area contributed by atoms with E-state index in [0.29, 0.717) is 5.52 Å². The molecule has 0 aliphatic rings. The van der Waals surface area contributed by atoms with Crippen molar-refractivity contribution in [3.8, 4) is 16.9 Å². The van der Waals surface area contributed by atoms with Crippen LogP contribution in [-0.4, -0.2) is 10.1 Å². The number of hydrogen-bond acceptors (Lipinski definition) is 2. The van der Waals surface area contributed by atoms with Crippen LogP contribution in [-0.2, 0) is 0 Å². The summed E-state index contributed by atoms with van der Waals surface area (Å²) >= 11 is 5.78. The molecule has 0 bridgehead atoms. The van der Waals surface area contributed by atoms with E-state index in [2.05, 4.69) is 4.98 Å². The molecule has 2 aromatic carbocycles. The van der Waals surface area contributed by atoms with Gasteiger partial charge in [-0.2, -0.15) is 0 Å². The third kappa shape index (κ3) is 2.04. The monoisotopic (exact) mass is 289 g/mol. The van der Waals surface area contributed by atoms with Gasteiger partial charge in [-0.25, -0.2) is 4.39 Å². The lowest BCUT2D eigenvalue weighted by Gasteiger charge is -2.06. The van der Waals surface area contributed by atoms with Crippen molar-refractivity contribution in [1.82, 2.24) is 4.98 Å². The topological polar surface area (TPSA) is 53.1 Å². The lowest BCUT2D eigenvalue weighted by Crippen LogP contribution is -2.09. The lowest BCUT2D eigenvalue weighted by atomic mass is 10.0. The molecule has 2 N–H and O–H groups in total. The molecular weight excluding hydrogens is 281 g/mol. The summed E-state index contributed by atoms with van der Waals surface area (Å²) in [5, 5.41) is 10.1. The van der Waals surface area contributed by atoms with E-state index in [1.165, 1.54) is 6.07 Å². The zero-order valence-electron chi connectivity index (χ0n) is 10.2. The quantitative estimate of drug-likeness (QED) is 0.718. The van der Waals surface area contributed by atoms with Crippen molar-refractivity contribution in [2.45, 2.75) is 0 Å². The number of halogens is 2. The summed E-state index contributed by atoms with van der Waals surface area (Å²) in [5.74, 6) is -1.06. The van der Waals surface area contributed by atoms with Gasteiger partial charge in [-0.3, -0.25) is 4.79 Å². The summed E-state index contributed by atoms with van der Waals surface area (Å²) in [6.45, 7) is 0. The Bertz CT molecular complexity index is 873. The summed E-state index contributed by atoms with van der Waals surface area (Å²) in [7, 11) is 0. The molecule has 0 radical (unpaired) electrons. The van der Waals surface area contributed by atoms with E-state index in [0.717, 1.165) is 11.5 Å². The Hall–Kier alpha value is -2.33. The van der Waals surface area contributed by atoms with Crippen molar-refractivity contribution in [3.05, 3.63) is 63.7 Å². The average Bonchev–Trinajstić information content (AvgIpc) is 2.42. The van der Waals surface area contributed by atoms with Crippen LogP contribution in [0.25, 0.3) is 22.0 Å². The summed E-state index contributed by atoms with van der Waals surface area (Å²) in [6, 6.07) is 10.9. The van der Waals surface area contributed by atoms with Gasteiger partial charge in [-0.15, -0.1) is 0 Å². The van der Waals surface area contributed by atoms with Gasteiger partial charge in [0.15, 0.2) is 0 Å². The number of aromatic hydroxyl groups is 1. The largest absolute Gasteiger partial charge is 0.506 e. The fourth-order valence-corrected chi connectivity index (χ4v) is 2.25. The summed E-state index contributed by atoms with van der Waals surface area (Å²) < 4.78 is 13.9. The van der Waals surface area contributed by atoms with Gasteiger partial charge in [-0.05, 0) is 23.6 Å². The number of para-hydroxylation sites is 1. The molecule has 3 nitrogen and oxygen atoms in total. The number of H-pyrrole nitrogens is 1. The molecule has 0 amide bonds. The second-order valence-corrected chi connectivity index (χ2v) is 4.79. The van der Waals surface area contributed by atoms with Gasteiger partial charge in [0.2, 0.25) is 0 Å². The normalized spacial score (nSPS) is 10.9. The van der Waals surface area contributed by atoms with Crippen LogP contribution in [0.5, 0.6) is 5.75 Å². The van der Waals surface area contributed by atoms with Crippen LogP contribution in [0, 0.1) is 5.82 Å². The third-order valence-corrected chi connectivity index (χ3v) is 3.38. The Kier molecular flexibility index (Phi) is 2.95. The van der Waals surface area contributed by atoms with Crippen LogP contribution in [0.4, 0.5) is 4.39 Å². The number of rotatable bonds is 1. The Labute approximate surface area is 118 Å². The molecule has 3 rings (SSSR count). The first kappa shape index (κ1) is 12.7. The molecule has 20 heavy (non-hydrogen) atoms. The van der Waals surface area contributed by atoms with Crippen LogP contribution < -0.4 is 5.56 Å². The summed E-state index contributed by atoms with van der Waals surface area (Å²) in [6.07, 6.45) is 0. The highest BCUT2D eigenvalue weighted by Crippen LogP contribution is 2.31. The number of hydrogen-bond donors (Lipinski definition) is 2. The minimum absolute atomic E-state index is 0.00559. The van der Waals surface area contributed by atoms with E-state index in [9.17, 15) is 14.3 Å². The van der Waals surface area contributed by atoms with E-state index in [-0.39, 0.29) is 21.9 Å². The highest BCUT2D eigenvalue weighted by atomic mass is 35.5. The van der Waals surface area contributed by atoms with E-state index >= 15 is 0 Å². The maximum absolute atomic E-state index is 13.9. The van der Waals surface area contributed by atoms with Crippen LogP contribution >= 0.6 is 11.6 Å². The molecule has 0 spiro atoms. The Balaban J connectivity index is 2.32. The number of pyridine rings is 1. The Morgan fingerprint density at radius 3 is 2.65 bits per heavy atom. The van der Waals surface area contributed by atoms with Crippen molar-refractivity contribution in [1.29, 1.82) is 0 Å². The van der Waals surface area contributed by atoms with E-state index in [4.69, 9.17) is 11.6 Å². The van der Waals surface area contributed by atoms with Gasteiger partial charge in [0, 0.05) is 17.1 Å². The van der Waals surface area contributed by atoms with Crippen LogP contribution in [0.1, 0.15) is 0 Å². The SMILES string of the molecule is O=c1[nH]c2ccccc2cc1-c1cc(Cl)c(O)cc1F. The first-order valence-electron chi connectivity index (χ1n) is 5.87. The molecule has 1 heterocycles. The first-order chi connectivity index (χ1) is 9.56. The van der Waals surface area contributed by atoms with Crippen LogP contribution in [0.2, 0.25) is 5.02 Å². The van der Waals surface area contributed by atoms with Crippen molar-refractivity contribution in [3.63, 3.8) is 0 Å². The first-order valence-corrected chi connectivity index (χ1v) is 6.24. The fourth-order valence-electron chi connectivity index (χ4n) is 2.09. The Morgan fingerprint density at radius 1 is 1.10 bits per heavy atom. The lowest BCUT2D eigenvalue weighted by molar-refractivity contribution is 0.469. The number of phenols is 1. The number of aromatic amines is 1. The molecule has 1 aromatic heterocycles. The molecule has 0 aliphatic heterocycles. The molecule has 5 heteroatoms. The number of benzene rings is 2. The average molecular weight is 290 g/mol. The second-order valence-electron chi connectivity index (χ2n) is 4.38. The standard InChI is InChI=1S/C15H9ClFNO2/c16-11-6-9(12(17)7-14(11)19)10-5-8-3-1-2-4-13(8)18-15(10)20/h1-7,19H,(H,18,20). The van der Waals surface area contributed by atoms with Gasteiger partial charge >= 0.3 is 0 Å². The molecule has 0 atom stereocenters. The highest BCUT2D eigenvalue weighted by Gasteiger charge is 2.13. The Morgan fingerprint density at radius 2 is 1.85 bits per heavy atom. The van der Waals surface area contributed by atoms with E-state index < -0.39 is 11.4 Å². The van der Waals surface area contributed by atoms with Gasteiger partial charge in [-0.1, -0.05) is 29.8 Å². The minimum Gasteiger partial charge on any atom is -0.506 e. The molecule has 0 unspecified atom stereocenters. The number of fused-ring (bicyclic) bond motifs is 1. The van der Waals surface area contributed by atoms with E-state index in [1.54, 1.807) is 18.2 Å². The van der Waals surface area contributed by atoms with Crippen molar-refractivity contribution >= 4 is 22.5 Å². The summed E-state index contributed by atoms with van der Waals surface area (Å²) in [4.78, 5) is 14.7. The van der Waals surface area contributed by atoms with Gasteiger partial charge in [0.1, 0.15) is 11.6 Å². The molecule has 0 fully saturated rings. The maximum atomic E-state index is 13.9. The number of phenolic OH excluding ortho intramolecular Hbond substituents is 1. The smallest absolute Gasteiger partial charge is 0.256 e. The molecule has 0 saturated carbocycles. The zero-order valence-corrected chi connectivity index (χ0v) is 10.9. The molecule has 100 valence electrons. The molecule has 3 aromatic rings. The summed E-state index contributed by atoms with van der Waals surface area (Å²) in [5.41, 5.74) is 0.485. The highest BCUT2D eigenvalue weighted by molar-refractivity contribution is 6.32. The zero-order chi connectivity index (χ0) is 14.3. The van der Waals surface area contributed by atoms with Crippen molar-refractivity contribution < 1.29 is 9.50 Å². The molecular formula is C15H9ClFNO2. The molecule has 0 aliphatic carbocycles. The number of aromatic nitrogens is 1. The fraction of sp³-hybridized carbons (Fsp3) is 0. The predicted octanol–water partition coefficient (Wildman–Crippen LogP) is 3.69. The van der Waals surface area contributed by atoms with Crippen LogP contribution in [0.3, 0.4) is 0 Å². The maximum Gasteiger partial charge on any atom is 0.256 e. The molecule has 0 saturated heterocycles. The number of nitrogens with one attached hydrogen (secondary N) is 1. The van der Waals surface area contributed by atoms with Crippen molar-refractivity contribution in [2.24, 2.45) is 0 Å².